The molecule has 13 heteroatoms. The minimum absolute atomic E-state index is 0.000669. The number of nitrogens with two attached hydrogens (primary N) is 1. The van der Waals surface area contributed by atoms with Crippen LogP contribution in [0.2, 0.25) is 0 Å². The van der Waals surface area contributed by atoms with Crippen LogP contribution < -0.4 is 20.5 Å². The van der Waals surface area contributed by atoms with Gasteiger partial charge in [-0.3, -0.25) is 14.3 Å². The summed E-state index contributed by atoms with van der Waals surface area (Å²) in [6.45, 7) is 1.43. The first-order valence-corrected chi connectivity index (χ1v) is 15.1. The second-order valence-corrected chi connectivity index (χ2v) is 11.8. The summed E-state index contributed by atoms with van der Waals surface area (Å²) in [4.78, 5) is 30.2. The molecule has 2 aromatic carbocycles. The van der Waals surface area contributed by atoms with E-state index in [-0.39, 0.29) is 59.3 Å². The Kier molecular flexibility index (Phi) is 8.13. The number of hydrogen-bond acceptors (Lipinski definition) is 7. The van der Waals surface area contributed by atoms with Crippen molar-refractivity contribution < 1.29 is 37.3 Å². The van der Waals surface area contributed by atoms with Gasteiger partial charge in [0.2, 0.25) is 5.91 Å². The van der Waals surface area contributed by atoms with Crippen LogP contribution >= 0.6 is 0 Å². The summed E-state index contributed by atoms with van der Waals surface area (Å²) in [6, 6.07) is 9.93. The minimum atomic E-state index is -4.72. The number of nitrogens with one attached hydrogen (secondary N) is 1. The third-order valence-corrected chi connectivity index (χ3v) is 8.40. The third kappa shape index (κ3) is 6.11. The van der Waals surface area contributed by atoms with Crippen LogP contribution in [0.15, 0.2) is 48.7 Å². The number of hydrogen-bond donors (Lipinski definition) is 3. The van der Waals surface area contributed by atoms with Crippen LogP contribution in [0.3, 0.4) is 0 Å². The van der Waals surface area contributed by atoms with Crippen molar-refractivity contribution in [2.75, 3.05) is 20.3 Å². The topological polar surface area (TPSA) is 142 Å². The number of primary amides is 1. The molecule has 242 valence electrons. The summed E-state index contributed by atoms with van der Waals surface area (Å²) >= 11 is 0. The fourth-order valence-electron chi connectivity index (χ4n) is 5.81. The van der Waals surface area contributed by atoms with E-state index < -0.39 is 29.2 Å². The molecule has 2 aromatic heterocycles. The molecular weight excluding hydrogens is 603 g/mol. The molecular formula is C33H34F3N5O5. The number of rotatable bonds is 12. The molecule has 10 nitrogen and oxygen atoms in total. The van der Waals surface area contributed by atoms with Crippen LogP contribution in [0.5, 0.6) is 11.5 Å². The van der Waals surface area contributed by atoms with Gasteiger partial charge in [0.1, 0.15) is 28.3 Å². The SMILES string of the molecule is CCOc1c(CC(N)=O)cc([C@@](O)(CNC(=O)c2cc(OC)c3nn(C4CC4)cc3c2)C2CC2)nc1-c1ccccc1C(F)(F)F. The summed E-state index contributed by atoms with van der Waals surface area (Å²) in [6.07, 6.45) is 0.0494. The number of aromatic nitrogens is 3. The van der Waals surface area contributed by atoms with Crippen molar-refractivity contribution in [3.63, 3.8) is 0 Å². The van der Waals surface area contributed by atoms with Crippen molar-refractivity contribution in [2.24, 2.45) is 11.7 Å². The van der Waals surface area contributed by atoms with E-state index in [9.17, 15) is 27.9 Å². The number of ether oxygens (including phenoxy) is 2. The van der Waals surface area contributed by atoms with Gasteiger partial charge in [0.15, 0.2) is 0 Å². The molecule has 0 bridgehead atoms. The van der Waals surface area contributed by atoms with Gasteiger partial charge in [-0.2, -0.15) is 18.3 Å². The van der Waals surface area contributed by atoms with Crippen LogP contribution in [-0.4, -0.2) is 51.9 Å². The van der Waals surface area contributed by atoms with E-state index in [0.717, 1.165) is 24.3 Å². The van der Waals surface area contributed by atoms with Gasteiger partial charge < -0.3 is 25.6 Å². The summed E-state index contributed by atoms with van der Waals surface area (Å²) < 4.78 is 55.6. The Hall–Kier alpha value is -4.65. The van der Waals surface area contributed by atoms with Gasteiger partial charge in [0.25, 0.3) is 5.91 Å². The normalized spacial score (nSPS) is 16.2. The van der Waals surface area contributed by atoms with Crippen molar-refractivity contribution in [1.29, 1.82) is 0 Å². The number of pyridine rings is 1. The number of alkyl halides is 3. The molecule has 2 amide bonds. The van der Waals surface area contributed by atoms with E-state index in [0.29, 0.717) is 30.1 Å². The summed E-state index contributed by atoms with van der Waals surface area (Å²) in [7, 11) is 1.49. The van der Waals surface area contributed by atoms with Gasteiger partial charge in [0.05, 0.1) is 44.0 Å². The monoisotopic (exact) mass is 637 g/mol. The fraction of sp³-hybridized carbons (Fsp3) is 0.394. The Morgan fingerprint density at radius 1 is 1.13 bits per heavy atom. The largest absolute Gasteiger partial charge is 0.494 e. The number of aliphatic hydroxyl groups is 1. The Morgan fingerprint density at radius 2 is 1.87 bits per heavy atom. The van der Waals surface area contributed by atoms with Crippen LogP contribution in [0.4, 0.5) is 13.2 Å². The van der Waals surface area contributed by atoms with Crippen molar-refractivity contribution in [3.8, 4) is 22.8 Å². The van der Waals surface area contributed by atoms with E-state index in [1.807, 2.05) is 10.9 Å². The molecule has 4 aromatic rings. The molecule has 6 rings (SSSR count). The highest BCUT2D eigenvalue weighted by Crippen LogP contribution is 2.48. The van der Waals surface area contributed by atoms with Gasteiger partial charge in [-0.05, 0) is 62.8 Å². The second kappa shape index (κ2) is 11.9. The quantitative estimate of drug-likeness (QED) is 0.200. The third-order valence-electron chi connectivity index (χ3n) is 8.40. The van der Waals surface area contributed by atoms with Gasteiger partial charge in [-0.15, -0.1) is 0 Å². The Labute approximate surface area is 262 Å². The zero-order chi connectivity index (χ0) is 32.8. The zero-order valence-corrected chi connectivity index (χ0v) is 25.4. The number of methoxy groups -OCH3 is 1. The molecule has 0 spiro atoms. The average Bonchev–Trinajstić information content (AvgIpc) is 3.96. The first-order valence-electron chi connectivity index (χ1n) is 15.1. The van der Waals surface area contributed by atoms with E-state index in [1.165, 1.54) is 31.4 Å². The van der Waals surface area contributed by atoms with Crippen molar-refractivity contribution in [2.45, 2.75) is 56.8 Å². The molecule has 0 aliphatic heterocycles. The highest BCUT2D eigenvalue weighted by molar-refractivity contribution is 6.00. The van der Waals surface area contributed by atoms with Crippen molar-refractivity contribution in [3.05, 3.63) is 71.0 Å². The van der Waals surface area contributed by atoms with Gasteiger partial charge in [-0.25, -0.2) is 4.98 Å². The predicted octanol–water partition coefficient (Wildman–Crippen LogP) is 4.91. The zero-order valence-electron chi connectivity index (χ0n) is 25.4. The van der Waals surface area contributed by atoms with E-state index in [4.69, 9.17) is 15.2 Å². The smallest absolute Gasteiger partial charge is 0.417 e. The molecule has 2 heterocycles. The first kappa shape index (κ1) is 31.3. The summed E-state index contributed by atoms with van der Waals surface area (Å²) in [5.41, 5.74) is 3.43. The second-order valence-electron chi connectivity index (χ2n) is 11.8. The molecule has 1 atom stereocenters. The van der Waals surface area contributed by atoms with Crippen LogP contribution in [-0.2, 0) is 23.0 Å². The average molecular weight is 638 g/mol. The van der Waals surface area contributed by atoms with Crippen LogP contribution in [0.25, 0.3) is 22.2 Å². The lowest BCUT2D eigenvalue weighted by Gasteiger charge is -2.30. The predicted molar refractivity (Wildman–Crippen MR) is 162 cm³/mol. The number of benzene rings is 2. The Balaban J connectivity index is 1.39. The summed E-state index contributed by atoms with van der Waals surface area (Å²) in [5, 5.41) is 20.3. The maximum atomic E-state index is 14.1. The van der Waals surface area contributed by atoms with E-state index >= 15 is 0 Å². The van der Waals surface area contributed by atoms with Crippen LogP contribution in [0.1, 0.15) is 65.8 Å². The summed E-state index contributed by atoms with van der Waals surface area (Å²) in [5.74, 6) is -1.19. The van der Waals surface area contributed by atoms with E-state index in [2.05, 4.69) is 15.4 Å². The number of carbonyl (C=O) groups excluding carboxylic acids is 2. The number of halogens is 3. The first-order chi connectivity index (χ1) is 21.9. The lowest BCUT2D eigenvalue weighted by atomic mass is 9.89. The molecule has 0 unspecified atom stereocenters. The fourth-order valence-corrected chi connectivity index (χ4v) is 5.81. The van der Waals surface area contributed by atoms with Gasteiger partial charge in [-0.1, -0.05) is 18.2 Å². The van der Waals surface area contributed by atoms with Crippen molar-refractivity contribution >= 4 is 22.7 Å². The lowest BCUT2D eigenvalue weighted by molar-refractivity contribution is -0.137. The highest BCUT2D eigenvalue weighted by atomic mass is 19.4. The molecule has 46 heavy (non-hydrogen) atoms. The standard InChI is InChI=1S/C33H34F3N5O5/c1-3-46-30-18(15-27(37)42)14-26(39-29(30)23-6-4-5-7-24(23)33(34,35)36)32(44,21-8-9-21)17-38-31(43)19-12-20-16-41(22-10-11-22)40-28(20)25(13-19)45-2/h4-7,12-14,16,21-22,44H,3,8-11,15,17H2,1-2H3,(H2,37,42)(H,38,43)/t32-/m1/s1. The Morgan fingerprint density at radius 3 is 2.50 bits per heavy atom. The van der Waals surface area contributed by atoms with E-state index in [1.54, 1.807) is 19.1 Å². The highest BCUT2D eigenvalue weighted by Gasteiger charge is 2.47. The number of amides is 2. The molecule has 2 fully saturated rings. The molecule has 2 aliphatic carbocycles. The van der Waals surface area contributed by atoms with Gasteiger partial charge in [0, 0.05) is 28.3 Å². The molecule has 2 aliphatic rings. The number of nitrogens with zero attached hydrogens (tertiary/aromatic N) is 3. The van der Waals surface area contributed by atoms with Gasteiger partial charge >= 0.3 is 6.18 Å². The molecule has 4 N–H and O–H groups in total. The van der Waals surface area contributed by atoms with Crippen molar-refractivity contribution in [1.82, 2.24) is 20.1 Å². The number of fused-ring (bicyclic) bond motifs is 1. The van der Waals surface area contributed by atoms with Crippen LogP contribution in [0, 0.1) is 5.92 Å². The molecule has 0 radical (unpaired) electrons. The minimum Gasteiger partial charge on any atom is -0.494 e. The number of carbonyl (C=O) groups is 2. The maximum Gasteiger partial charge on any atom is 0.417 e. The molecule has 2 saturated carbocycles. The maximum absolute atomic E-state index is 14.1. The lowest BCUT2D eigenvalue weighted by Crippen LogP contribution is -2.43. The molecule has 0 saturated heterocycles. The Bertz CT molecular complexity index is 1820.